The number of ether oxygens (including phenoxy) is 2. The van der Waals surface area contributed by atoms with Crippen molar-refractivity contribution in [3.05, 3.63) is 47.5 Å². The average Bonchev–Trinajstić information content (AvgIpc) is 3.08. The maximum Gasteiger partial charge on any atom is 0.236 e. The molecule has 0 radical (unpaired) electrons. The van der Waals surface area contributed by atoms with Gasteiger partial charge in [-0.05, 0) is 37.1 Å². The molecule has 0 unspecified atom stereocenters. The van der Waals surface area contributed by atoms with Crippen LogP contribution in [0.15, 0.2) is 56.8 Å². The summed E-state index contributed by atoms with van der Waals surface area (Å²) in [5, 5.41) is 0.338. The number of hydrogen-bond donors (Lipinski definition) is 0. The third kappa shape index (κ3) is 3.93. The number of hydrogen-bond acceptors (Lipinski definition) is 7. The molecule has 0 amide bonds. The van der Waals surface area contributed by atoms with Crippen LogP contribution in [0.2, 0.25) is 5.02 Å². The highest BCUT2D eigenvalue weighted by Crippen LogP contribution is 2.39. The Morgan fingerprint density at radius 1 is 0.906 bits per heavy atom. The Kier molecular flexibility index (Phi) is 5.73. The second-order valence-corrected chi connectivity index (χ2v) is 10.1. The minimum atomic E-state index is -3.99. The second-order valence-electron chi connectivity index (χ2n) is 7.82. The lowest BCUT2D eigenvalue weighted by atomic mass is 10.2. The quantitative estimate of drug-likeness (QED) is 0.527. The van der Waals surface area contributed by atoms with E-state index in [0.29, 0.717) is 48.4 Å². The highest BCUT2D eigenvalue weighted by atomic mass is 35.5. The molecular formula is C23H23ClN2O5S. The van der Waals surface area contributed by atoms with Crippen molar-refractivity contribution in [1.29, 1.82) is 0 Å². The molecule has 0 N–H and O–H groups in total. The van der Waals surface area contributed by atoms with Gasteiger partial charge >= 0.3 is 0 Å². The lowest BCUT2D eigenvalue weighted by Gasteiger charge is -2.21. The van der Waals surface area contributed by atoms with Crippen molar-refractivity contribution in [2.45, 2.75) is 35.6 Å². The largest absolute Gasteiger partial charge is 0.486 e. The van der Waals surface area contributed by atoms with Crippen molar-refractivity contribution >= 4 is 27.3 Å². The molecule has 9 heteroatoms. The van der Waals surface area contributed by atoms with Crippen molar-refractivity contribution in [2.24, 2.45) is 0 Å². The van der Waals surface area contributed by atoms with E-state index in [0.717, 1.165) is 25.7 Å². The van der Waals surface area contributed by atoms with Crippen LogP contribution in [0.25, 0.3) is 11.5 Å². The third-order valence-corrected chi connectivity index (χ3v) is 7.63. The number of aromatic nitrogens is 1. The first-order valence-corrected chi connectivity index (χ1v) is 12.6. The molecule has 3 aromatic rings. The van der Waals surface area contributed by atoms with Crippen molar-refractivity contribution < 1.29 is 22.3 Å². The zero-order valence-corrected chi connectivity index (χ0v) is 19.0. The summed E-state index contributed by atoms with van der Waals surface area (Å²) in [4.78, 5) is 6.51. The molecule has 0 saturated carbocycles. The predicted molar refractivity (Wildman–Crippen MR) is 121 cm³/mol. The Hall–Kier alpha value is -2.71. The summed E-state index contributed by atoms with van der Waals surface area (Å²) in [5.74, 6) is 1.38. The number of anilines is 1. The maximum atomic E-state index is 13.7. The fraction of sp³-hybridized carbons (Fsp3) is 0.348. The van der Waals surface area contributed by atoms with Gasteiger partial charge in [0.05, 0.1) is 15.5 Å². The van der Waals surface area contributed by atoms with Crippen LogP contribution in [0.3, 0.4) is 0 Å². The van der Waals surface area contributed by atoms with Gasteiger partial charge in [-0.25, -0.2) is 8.42 Å². The minimum Gasteiger partial charge on any atom is -0.486 e. The number of benzene rings is 2. The van der Waals surface area contributed by atoms with E-state index in [1.165, 1.54) is 12.1 Å². The lowest BCUT2D eigenvalue weighted by molar-refractivity contribution is 0.171. The Balaban J connectivity index is 1.63. The number of nitrogens with zero attached hydrogens (tertiary/aromatic N) is 2. The monoisotopic (exact) mass is 474 g/mol. The third-order valence-electron chi connectivity index (χ3n) is 5.66. The maximum absolute atomic E-state index is 13.7. The van der Waals surface area contributed by atoms with E-state index in [4.69, 9.17) is 25.5 Å². The molecule has 0 aliphatic carbocycles. The van der Waals surface area contributed by atoms with Crippen molar-refractivity contribution in [3.8, 4) is 23.0 Å². The van der Waals surface area contributed by atoms with Gasteiger partial charge in [0, 0.05) is 19.2 Å². The second kappa shape index (κ2) is 8.67. The van der Waals surface area contributed by atoms with E-state index in [1.807, 2.05) is 11.0 Å². The molecule has 3 heterocycles. The molecule has 5 rings (SSSR count). The molecule has 1 fully saturated rings. The zero-order chi connectivity index (χ0) is 22.1. The van der Waals surface area contributed by atoms with Gasteiger partial charge in [0.25, 0.3) is 0 Å². The van der Waals surface area contributed by atoms with Crippen LogP contribution >= 0.6 is 11.6 Å². The summed E-state index contributed by atoms with van der Waals surface area (Å²) >= 11 is 6.35. The van der Waals surface area contributed by atoms with Gasteiger partial charge in [-0.15, -0.1) is 0 Å². The normalized spacial score (nSPS) is 16.6. The molecule has 32 heavy (non-hydrogen) atoms. The summed E-state index contributed by atoms with van der Waals surface area (Å²) in [6.07, 6.45) is 4.13. The molecule has 168 valence electrons. The number of fused-ring (bicyclic) bond motifs is 1. The van der Waals surface area contributed by atoms with E-state index in [-0.39, 0.29) is 21.7 Å². The summed E-state index contributed by atoms with van der Waals surface area (Å²) in [5.41, 5.74) is 0.550. The minimum absolute atomic E-state index is 0.0804. The Morgan fingerprint density at radius 3 is 2.38 bits per heavy atom. The number of sulfone groups is 1. The Labute approximate surface area is 191 Å². The molecule has 0 atom stereocenters. The first-order chi connectivity index (χ1) is 15.5. The van der Waals surface area contributed by atoms with Crippen LogP contribution in [0, 0.1) is 0 Å². The van der Waals surface area contributed by atoms with E-state index in [9.17, 15) is 8.42 Å². The van der Waals surface area contributed by atoms with E-state index in [1.54, 1.807) is 24.3 Å². The molecule has 7 nitrogen and oxygen atoms in total. The van der Waals surface area contributed by atoms with Crippen LogP contribution in [0.4, 0.5) is 5.88 Å². The Morgan fingerprint density at radius 2 is 1.62 bits per heavy atom. The predicted octanol–water partition coefficient (Wildman–Crippen LogP) is 4.98. The standard InChI is InChI=1S/C23H23ClN2O5S/c24-18-8-4-3-7-17(18)21-25-22(23(31-21)26-11-5-1-2-6-12-26)32(27,28)16-9-10-19-20(15-16)30-14-13-29-19/h3-4,7-10,15H,1-2,5-6,11-14H2. The molecule has 2 aliphatic heterocycles. The first-order valence-electron chi connectivity index (χ1n) is 10.7. The number of halogens is 1. The molecule has 0 bridgehead atoms. The van der Waals surface area contributed by atoms with Crippen LogP contribution in [0.5, 0.6) is 11.5 Å². The molecule has 0 spiro atoms. The topological polar surface area (TPSA) is 81.9 Å². The smallest absolute Gasteiger partial charge is 0.236 e. The summed E-state index contributed by atoms with van der Waals surface area (Å²) in [7, 11) is -3.99. The molecule has 2 aliphatic rings. The summed E-state index contributed by atoms with van der Waals surface area (Å²) in [6, 6.07) is 11.7. The first kappa shape index (κ1) is 21.2. The average molecular weight is 475 g/mol. The van der Waals surface area contributed by atoms with Gasteiger partial charge in [-0.2, -0.15) is 4.98 Å². The van der Waals surface area contributed by atoms with Crippen LogP contribution in [0.1, 0.15) is 25.7 Å². The number of oxazole rings is 1. The lowest BCUT2D eigenvalue weighted by Crippen LogP contribution is -2.25. The highest BCUT2D eigenvalue weighted by Gasteiger charge is 2.33. The van der Waals surface area contributed by atoms with Gasteiger partial charge in [0.2, 0.25) is 26.6 Å². The van der Waals surface area contributed by atoms with Gasteiger partial charge in [0.1, 0.15) is 13.2 Å². The fourth-order valence-corrected chi connectivity index (χ4v) is 5.55. The van der Waals surface area contributed by atoms with Crippen LogP contribution in [-0.4, -0.2) is 39.7 Å². The zero-order valence-electron chi connectivity index (χ0n) is 17.4. The number of rotatable bonds is 4. The fourth-order valence-electron chi connectivity index (χ4n) is 4.00. The van der Waals surface area contributed by atoms with Gasteiger partial charge in [0.15, 0.2) is 11.5 Å². The SMILES string of the molecule is O=S(=O)(c1ccc2c(c1)OCCO2)c1nc(-c2ccccc2Cl)oc1N1CCCCCC1. The van der Waals surface area contributed by atoms with E-state index in [2.05, 4.69) is 4.98 Å². The van der Waals surface area contributed by atoms with Crippen LogP contribution in [-0.2, 0) is 9.84 Å². The van der Waals surface area contributed by atoms with E-state index < -0.39 is 9.84 Å². The van der Waals surface area contributed by atoms with Crippen molar-refractivity contribution in [1.82, 2.24) is 4.98 Å². The van der Waals surface area contributed by atoms with Crippen molar-refractivity contribution in [3.63, 3.8) is 0 Å². The van der Waals surface area contributed by atoms with E-state index >= 15 is 0 Å². The van der Waals surface area contributed by atoms with Crippen LogP contribution < -0.4 is 14.4 Å². The van der Waals surface area contributed by atoms with Gasteiger partial charge < -0.3 is 18.8 Å². The molecule has 2 aromatic carbocycles. The molecular weight excluding hydrogens is 452 g/mol. The van der Waals surface area contributed by atoms with Crippen molar-refractivity contribution in [2.75, 3.05) is 31.2 Å². The molecule has 1 saturated heterocycles. The summed E-state index contributed by atoms with van der Waals surface area (Å²) < 4.78 is 44.6. The molecule has 1 aromatic heterocycles. The van der Waals surface area contributed by atoms with Gasteiger partial charge in [-0.3, -0.25) is 0 Å². The Bertz CT molecular complexity index is 1230. The highest BCUT2D eigenvalue weighted by molar-refractivity contribution is 7.91. The summed E-state index contributed by atoms with van der Waals surface area (Å²) in [6.45, 7) is 2.22. The van der Waals surface area contributed by atoms with Gasteiger partial charge in [-0.1, -0.05) is 36.6 Å².